The molecule has 0 fully saturated rings. The van der Waals surface area contributed by atoms with E-state index < -0.39 is 0 Å². The highest BCUT2D eigenvalue weighted by atomic mass is 35.5. The van der Waals surface area contributed by atoms with Crippen LogP contribution in [0, 0.1) is 0 Å². The molecule has 1 heterocycles. The number of amides is 2. The fourth-order valence-corrected chi connectivity index (χ4v) is 5.04. The van der Waals surface area contributed by atoms with Crippen molar-refractivity contribution in [1.29, 1.82) is 0 Å². The van der Waals surface area contributed by atoms with Gasteiger partial charge in [-0.1, -0.05) is 86.4 Å². The zero-order chi connectivity index (χ0) is 29.0. The molecule has 5 nitrogen and oxygen atoms in total. The number of para-hydroxylation sites is 1. The van der Waals surface area contributed by atoms with Gasteiger partial charge in [-0.05, 0) is 66.6 Å². The fourth-order valence-electron chi connectivity index (χ4n) is 4.75. The van der Waals surface area contributed by atoms with Crippen molar-refractivity contribution in [2.24, 2.45) is 0 Å². The number of rotatable bonds is 9. The van der Waals surface area contributed by atoms with Gasteiger partial charge in [0.05, 0.1) is 10.0 Å². The van der Waals surface area contributed by atoms with Crippen LogP contribution in [0.4, 0.5) is 0 Å². The second-order valence-corrected chi connectivity index (χ2v) is 12.3. The molecule has 0 bridgehead atoms. The summed E-state index contributed by atoms with van der Waals surface area (Å²) in [6, 6.07) is 21.2. The van der Waals surface area contributed by atoms with Crippen LogP contribution in [0.3, 0.4) is 0 Å². The maximum Gasteiger partial charge on any atom is 0.254 e. The average molecular weight is 579 g/mol. The summed E-state index contributed by atoms with van der Waals surface area (Å²) >= 11 is 12.2. The molecule has 4 rings (SSSR count). The first kappa shape index (κ1) is 29.7. The molecular weight excluding hydrogens is 541 g/mol. The van der Waals surface area contributed by atoms with Crippen LogP contribution >= 0.6 is 23.2 Å². The topological polar surface area (TPSA) is 56.4 Å². The number of aromatic amines is 1. The molecule has 1 aromatic heterocycles. The van der Waals surface area contributed by atoms with E-state index in [1.165, 1.54) is 5.56 Å². The first-order chi connectivity index (χ1) is 18.9. The minimum Gasteiger partial charge on any atom is -0.361 e. The van der Waals surface area contributed by atoms with E-state index in [1.54, 1.807) is 23.1 Å². The van der Waals surface area contributed by atoms with Crippen molar-refractivity contribution in [2.75, 3.05) is 13.1 Å². The second kappa shape index (κ2) is 12.5. The highest BCUT2D eigenvalue weighted by Gasteiger charge is 2.25. The Morgan fingerprint density at radius 1 is 0.925 bits per heavy atom. The molecule has 0 aliphatic heterocycles. The van der Waals surface area contributed by atoms with Crippen molar-refractivity contribution in [3.05, 3.63) is 105 Å². The quantitative estimate of drug-likeness (QED) is 0.220. The molecular formula is C33H37Cl2N3O2. The predicted octanol–water partition coefficient (Wildman–Crippen LogP) is 7.89. The van der Waals surface area contributed by atoms with Crippen LogP contribution in [-0.2, 0) is 23.2 Å². The lowest BCUT2D eigenvalue weighted by atomic mass is 9.87. The van der Waals surface area contributed by atoms with E-state index in [0.717, 1.165) is 22.0 Å². The molecule has 0 atom stereocenters. The molecule has 0 spiro atoms. The van der Waals surface area contributed by atoms with Gasteiger partial charge in [-0.2, -0.15) is 0 Å². The van der Waals surface area contributed by atoms with Crippen LogP contribution in [0.5, 0.6) is 0 Å². The molecule has 3 aromatic carbocycles. The summed E-state index contributed by atoms with van der Waals surface area (Å²) in [6.45, 7) is 11.3. The van der Waals surface area contributed by atoms with Gasteiger partial charge in [-0.3, -0.25) is 9.59 Å². The number of H-pyrrole nitrogens is 1. The van der Waals surface area contributed by atoms with Crippen molar-refractivity contribution < 1.29 is 9.59 Å². The molecule has 1 N–H and O–H groups in total. The van der Waals surface area contributed by atoms with Crippen LogP contribution in [0.15, 0.2) is 72.9 Å². The summed E-state index contributed by atoms with van der Waals surface area (Å²) in [7, 11) is 0. The van der Waals surface area contributed by atoms with Gasteiger partial charge in [0.1, 0.15) is 6.54 Å². The summed E-state index contributed by atoms with van der Waals surface area (Å²) in [5.41, 5.74) is 4.97. The number of nitrogens with zero attached hydrogens (tertiary/aromatic N) is 2. The lowest BCUT2D eigenvalue weighted by molar-refractivity contribution is -0.132. The number of benzene rings is 3. The van der Waals surface area contributed by atoms with Crippen molar-refractivity contribution >= 4 is 45.9 Å². The normalized spacial score (nSPS) is 11.7. The van der Waals surface area contributed by atoms with Gasteiger partial charge in [0.25, 0.3) is 5.91 Å². The monoisotopic (exact) mass is 577 g/mol. The number of nitrogens with one attached hydrogen (secondary N) is 1. The second-order valence-electron chi connectivity index (χ2n) is 11.5. The number of fused-ring (bicyclic) bond motifs is 1. The van der Waals surface area contributed by atoms with Crippen molar-refractivity contribution in [1.82, 2.24) is 14.8 Å². The Labute approximate surface area is 247 Å². The van der Waals surface area contributed by atoms with Crippen LogP contribution in [-0.4, -0.2) is 45.7 Å². The minimum atomic E-state index is -0.256. The predicted molar refractivity (Wildman–Crippen MR) is 165 cm³/mol. The van der Waals surface area contributed by atoms with E-state index in [-0.39, 0.29) is 29.8 Å². The van der Waals surface area contributed by atoms with Gasteiger partial charge in [0, 0.05) is 41.8 Å². The highest BCUT2D eigenvalue weighted by molar-refractivity contribution is 6.42. The Kier molecular flexibility index (Phi) is 9.27. The Balaban J connectivity index is 1.57. The summed E-state index contributed by atoms with van der Waals surface area (Å²) in [5, 5.41) is 1.84. The maximum atomic E-state index is 13.8. The first-order valence-electron chi connectivity index (χ1n) is 13.6. The molecule has 2 amide bonds. The lowest BCUT2D eigenvalue weighted by Crippen LogP contribution is -2.46. The molecule has 40 heavy (non-hydrogen) atoms. The molecule has 0 unspecified atom stereocenters. The lowest BCUT2D eigenvalue weighted by Gasteiger charge is -2.30. The number of halogens is 2. The zero-order valence-electron chi connectivity index (χ0n) is 23.8. The van der Waals surface area contributed by atoms with E-state index in [2.05, 4.69) is 56.1 Å². The van der Waals surface area contributed by atoms with E-state index in [0.29, 0.717) is 35.1 Å². The molecule has 0 aliphatic carbocycles. The smallest absolute Gasteiger partial charge is 0.254 e. The van der Waals surface area contributed by atoms with Crippen LogP contribution < -0.4 is 0 Å². The molecule has 0 radical (unpaired) electrons. The third-order valence-corrected chi connectivity index (χ3v) is 7.97. The Bertz CT molecular complexity index is 1490. The van der Waals surface area contributed by atoms with Crippen LogP contribution in [0.2, 0.25) is 10.0 Å². The molecule has 0 aliphatic rings. The maximum absolute atomic E-state index is 13.8. The van der Waals surface area contributed by atoms with Gasteiger partial charge in [0.2, 0.25) is 5.91 Å². The summed E-state index contributed by atoms with van der Waals surface area (Å²) in [5.74, 6) is -0.366. The van der Waals surface area contributed by atoms with Gasteiger partial charge >= 0.3 is 0 Å². The number of aromatic nitrogens is 1. The highest BCUT2D eigenvalue weighted by Crippen LogP contribution is 2.25. The molecule has 4 aromatic rings. The van der Waals surface area contributed by atoms with Crippen molar-refractivity contribution in [3.63, 3.8) is 0 Å². The number of carbonyl (C=O) groups excluding carboxylic acids is 2. The minimum absolute atomic E-state index is 0.0370. The molecule has 0 saturated carbocycles. The van der Waals surface area contributed by atoms with Crippen molar-refractivity contribution in [2.45, 2.75) is 59.0 Å². The average Bonchev–Trinajstić information content (AvgIpc) is 3.33. The summed E-state index contributed by atoms with van der Waals surface area (Å²) < 4.78 is 0. The molecule has 7 heteroatoms. The Morgan fingerprint density at radius 3 is 2.27 bits per heavy atom. The van der Waals surface area contributed by atoms with E-state index in [1.807, 2.05) is 43.1 Å². The van der Waals surface area contributed by atoms with E-state index in [9.17, 15) is 9.59 Å². The van der Waals surface area contributed by atoms with Crippen molar-refractivity contribution in [3.8, 4) is 0 Å². The fraction of sp³-hybridized carbons (Fsp3) is 0.333. The Morgan fingerprint density at radius 2 is 1.62 bits per heavy atom. The largest absolute Gasteiger partial charge is 0.361 e. The van der Waals surface area contributed by atoms with E-state index in [4.69, 9.17) is 23.2 Å². The third-order valence-electron chi connectivity index (χ3n) is 7.23. The standard InChI is InChI=1S/C33H37Cl2N3O2/c1-22(2)38(32(40)24-12-15-28(34)29(35)18-24)21-31(39)37(20-23-10-13-26(14-11-23)33(3,4)5)17-16-25-19-36-30-9-7-6-8-27(25)30/h6-15,18-19,22,36H,16-17,20-21H2,1-5H3. The van der Waals surface area contributed by atoms with Crippen LogP contribution in [0.1, 0.15) is 61.7 Å². The van der Waals surface area contributed by atoms with Gasteiger partial charge in [0.15, 0.2) is 0 Å². The zero-order valence-corrected chi connectivity index (χ0v) is 25.3. The summed E-state index contributed by atoms with van der Waals surface area (Å²) in [4.78, 5) is 34.0. The number of carbonyl (C=O) groups is 2. The summed E-state index contributed by atoms with van der Waals surface area (Å²) in [6.07, 6.45) is 2.71. The first-order valence-corrected chi connectivity index (χ1v) is 14.4. The number of hydrogen-bond acceptors (Lipinski definition) is 2. The Hall–Kier alpha value is -3.28. The van der Waals surface area contributed by atoms with Gasteiger partial charge in [-0.15, -0.1) is 0 Å². The van der Waals surface area contributed by atoms with Crippen LogP contribution in [0.25, 0.3) is 10.9 Å². The number of hydrogen-bond donors (Lipinski definition) is 1. The molecule has 0 saturated heterocycles. The van der Waals surface area contributed by atoms with Gasteiger partial charge in [-0.25, -0.2) is 0 Å². The molecule has 210 valence electrons. The van der Waals surface area contributed by atoms with Gasteiger partial charge < -0.3 is 14.8 Å². The third kappa shape index (κ3) is 7.07. The SMILES string of the molecule is CC(C)N(CC(=O)N(CCc1c[nH]c2ccccc12)Cc1ccc(C(C)(C)C)cc1)C(=O)c1ccc(Cl)c(Cl)c1. The van der Waals surface area contributed by atoms with E-state index >= 15 is 0 Å².